The smallest absolute Gasteiger partial charge is 0.0753 e. The van der Waals surface area contributed by atoms with E-state index in [2.05, 4.69) is 56.4 Å². The van der Waals surface area contributed by atoms with Crippen LogP contribution in [0.4, 0.5) is 0 Å². The number of nitriles is 1. The summed E-state index contributed by atoms with van der Waals surface area (Å²) in [5.74, 6) is 0.487. The Hall–Kier alpha value is -1.33. The molecule has 1 fully saturated rings. The molecule has 1 aliphatic heterocycles. The first-order valence-electron chi connectivity index (χ1n) is 7.23. The van der Waals surface area contributed by atoms with Gasteiger partial charge in [0.25, 0.3) is 0 Å². The standard InChI is InChI=1S/C17H24N2/c1-17(2,3)15-8-6-13(7-9-15)16(11-18)14-5-4-10-19-12-14/h6-9,14,16,19H,4-5,10,12H2,1-3H3. The second-order valence-corrected chi connectivity index (χ2v) is 6.59. The summed E-state index contributed by atoms with van der Waals surface area (Å²) in [5, 5.41) is 12.9. The quantitative estimate of drug-likeness (QED) is 0.877. The van der Waals surface area contributed by atoms with Gasteiger partial charge in [-0.2, -0.15) is 5.26 Å². The molecular formula is C17H24N2. The van der Waals surface area contributed by atoms with E-state index in [-0.39, 0.29) is 11.3 Å². The van der Waals surface area contributed by atoms with E-state index in [1.807, 2.05) is 0 Å². The molecule has 1 N–H and O–H groups in total. The summed E-state index contributed by atoms with van der Waals surface area (Å²) < 4.78 is 0. The molecule has 2 heteroatoms. The highest BCUT2D eigenvalue weighted by atomic mass is 14.9. The zero-order valence-corrected chi connectivity index (χ0v) is 12.2. The third-order valence-corrected chi connectivity index (χ3v) is 4.08. The first kappa shape index (κ1) is 14.1. The number of rotatable bonds is 2. The van der Waals surface area contributed by atoms with Crippen LogP contribution >= 0.6 is 0 Å². The predicted octanol–water partition coefficient (Wildman–Crippen LogP) is 3.59. The Morgan fingerprint density at radius 2 is 1.95 bits per heavy atom. The van der Waals surface area contributed by atoms with E-state index in [1.54, 1.807) is 0 Å². The van der Waals surface area contributed by atoms with Gasteiger partial charge in [0.05, 0.1) is 12.0 Å². The fourth-order valence-corrected chi connectivity index (χ4v) is 2.81. The van der Waals surface area contributed by atoms with Gasteiger partial charge in [-0.1, -0.05) is 45.0 Å². The number of nitrogens with one attached hydrogen (secondary N) is 1. The minimum atomic E-state index is 0.0295. The second kappa shape index (κ2) is 5.75. The van der Waals surface area contributed by atoms with Crippen molar-refractivity contribution in [2.45, 2.75) is 44.9 Å². The van der Waals surface area contributed by atoms with Crippen LogP contribution in [0.1, 0.15) is 50.7 Å². The summed E-state index contributed by atoms with van der Waals surface area (Å²) in [6.07, 6.45) is 2.34. The minimum Gasteiger partial charge on any atom is -0.316 e. The lowest BCUT2D eigenvalue weighted by Crippen LogP contribution is -2.33. The largest absolute Gasteiger partial charge is 0.316 e. The summed E-state index contributed by atoms with van der Waals surface area (Å²) in [5.41, 5.74) is 2.67. The Labute approximate surface area is 116 Å². The SMILES string of the molecule is CC(C)(C)c1ccc(C(C#N)C2CCCNC2)cc1. The maximum absolute atomic E-state index is 9.48. The van der Waals surface area contributed by atoms with Crippen molar-refractivity contribution in [1.82, 2.24) is 5.32 Å². The molecule has 0 bridgehead atoms. The highest BCUT2D eigenvalue weighted by Crippen LogP contribution is 2.30. The third kappa shape index (κ3) is 3.36. The summed E-state index contributed by atoms with van der Waals surface area (Å²) in [6, 6.07) is 11.1. The molecule has 2 atom stereocenters. The van der Waals surface area contributed by atoms with Crippen molar-refractivity contribution < 1.29 is 0 Å². The van der Waals surface area contributed by atoms with Gasteiger partial charge in [0.15, 0.2) is 0 Å². The van der Waals surface area contributed by atoms with Crippen LogP contribution in [-0.4, -0.2) is 13.1 Å². The van der Waals surface area contributed by atoms with Crippen LogP contribution in [0.15, 0.2) is 24.3 Å². The van der Waals surface area contributed by atoms with E-state index in [9.17, 15) is 5.26 Å². The third-order valence-electron chi connectivity index (χ3n) is 4.08. The van der Waals surface area contributed by atoms with E-state index in [4.69, 9.17) is 0 Å². The van der Waals surface area contributed by atoms with Crippen LogP contribution in [0.5, 0.6) is 0 Å². The molecule has 19 heavy (non-hydrogen) atoms. The number of nitrogens with zero attached hydrogens (tertiary/aromatic N) is 1. The Morgan fingerprint density at radius 1 is 1.26 bits per heavy atom. The van der Waals surface area contributed by atoms with Crippen molar-refractivity contribution in [3.05, 3.63) is 35.4 Å². The Balaban J connectivity index is 2.17. The number of hydrogen-bond donors (Lipinski definition) is 1. The summed E-state index contributed by atoms with van der Waals surface area (Å²) >= 11 is 0. The predicted molar refractivity (Wildman–Crippen MR) is 79.1 cm³/mol. The normalized spacial score (nSPS) is 21.7. The van der Waals surface area contributed by atoms with E-state index in [1.165, 1.54) is 17.5 Å². The van der Waals surface area contributed by atoms with Gasteiger partial charge < -0.3 is 5.32 Å². The second-order valence-electron chi connectivity index (χ2n) is 6.59. The van der Waals surface area contributed by atoms with Crippen molar-refractivity contribution in [2.24, 2.45) is 5.92 Å². The lowest BCUT2D eigenvalue weighted by Gasteiger charge is -2.27. The molecule has 1 saturated heterocycles. The van der Waals surface area contributed by atoms with Gasteiger partial charge >= 0.3 is 0 Å². The zero-order valence-electron chi connectivity index (χ0n) is 12.2. The molecule has 0 amide bonds. The van der Waals surface area contributed by atoms with Crippen LogP contribution in [0.25, 0.3) is 0 Å². The average Bonchev–Trinajstić information content (AvgIpc) is 2.40. The molecule has 0 spiro atoms. The number of hydrogen-bond acceptors (Lipinski definition) is 2. The lowest BCUT2D eigenvalue weighted by atomic mass is 9.80. The van der Waals surface area contributed by atoms with Gasteiger partial charge in [0, 0.05) is 0 Å². The van der Waals surface area contributed by atoms with Gasteiger partial charge in [-0.15, -0.1) is 0 Å². The highest BCUT2D eigenvalue weighted by Gasteiger charge is 2.25. The summed E-state index contributed by atoms with van der Waals surface area (Å²) in [7, 11) is 0. The average molecular weight is 256 g/mol. The van der Waals surface area contributed by atoms with E-state index >= 15 is 0 Å². The topological polar surface area (TPSA) is 35.8 Å². The molecule has 1 aliphatic rings. The van der Waals surface area contributed by atoms with Crippen LogP contribution in [-0.2, 0) is 5.41 Å². The first-order valence-corrected chi connectivity index (χ1v) is 7.23. The monoisotopic (exact) mass is 256 g/mol. The van der Waals surface area contributed by atoms with Gasteiger partial charge in [-0.25, -0.2) is 0 Å². The van der Waals surface area contributed by atoms with E-state index in [0.717, 1.165) is 19.5 Å². The first-order chi connectivity index (χ1) is 9.02. The van der Waals surface area contributed by atoms with Crippen molar-refractivity contribution in [3.63, 3.8) is 0 Å². The fraction of sp³-hybridized carbons (Fsp3) is 0.588. The number of piperidine rings is 1. The fourth-order valence-electron chi connectivity index (χ4n) is 2.81. The van der Waals surface area contributed by atoms with Gasteiger partial charge in [-0.05, 0) is 48.4 Å². The van der Waals surface area contributed by atoms with E-state index < -0.39 is 0 Å². The minimum absolute atomic E-state index is 0.0295. The molecule has 102 valence electrons. The van der Waals surface area contributed by atoms with Gasteiger partial charge in [0.2, 0.25) is 0 Å². The van der Waals surface area contributed by atoms with Crippen molar-refractivity contribution in [3.8, 4) is 6.07 Å². The van der Waals surface area contributed by atoms with Gasteiger partial charge in [-0.3, -0.25) is 0 Å². The molecule has 2 nitrogen and oxygen atoms in total. The van der Waals surface area contributed by atoms with Crippen LogP contribution < -0.4 is 5.32 Å². The molecule has 1 aromatic carbocycles. The Morgan fingerprint density at radius 3 is 2.42 bits per heavy atom. The molecule has 0 radical (unpaired) electrons. The highest BCUT2D eigenvalue weighted by molar-refractivity contribution is 5.32. The molecule has 0 aromatic heterocycles. The molecule has 1 heterocycles. The maximum atomic E-state index is 9.48. The Bertz CT molecular complexity index is 442. The zero-order chi connectivity index (χ0) is 13.9. The number of benzene rings is 1. The van der Waals surface area contributed by atoms with Gasteiger partial charge in [0.1, 0.15) is 0 Å². The van der Waals surface area contributed by atoms with E-state index in [0.29, 0.717) is 5.92 Å². The molecule has 2 unspecified atom stereocenters. The lowest BCUT2D eigenvalue weighted by molar-refractivity contribution is 0.354. The van der Waals surface area contributed by atoms with Crippen molar-refractivity contribution >= 4 is 0 Å². The molecule has 1 aromatic rings. The van der Waals surface area contributed by atoms with Crippen molar-refractivity contribution in [2.75, 3.05) is 13.1 Å². The Kier molecular flexibility index (Phi) is 4.27. The van der Waals surface area contributed by atoms with Crippen LogP contribution in [0, 0.1) is 17.2 Å². The maximum Gasteiger partial charge on any atom is 0.0753 e. The molecule has 2 rings (SSSR count). The molecular weight excluding hydrogens is 232 g/mol. The molecule has 0 saturated carbocycles. The summed E-state index contributed by atoms with van der Waals surface area (Å²) in [6.45, 7) is 8.72. The van der Waals surface area contributed by atoms with Crippen LogP contribution in [0.2, 0.25) is 0 Å². The summed E-state index contributed by atoms with van der Waals surface area (Å²) in [4.78, 5) is 0. The van der Waals surface area contributed by atoms with Crippen LogP contribution in [0.3, 0.4) is 0 Å². The van der Waals surface area contributed by atoms with Crippen molar-refractivity contribution in [1.29, 1.82) is 5.26 Å². The molecule has 0 aliphatic carbocycles.